The molecule has 0 aromatic rings. The fraction of sp³-hybridized carbons (Fsp3) is 0.917. The lowest BCUT2D eigenvalue weighted by atomic mass is 9.46. The van der Waals surface area contributed by atoms with E-state index in [-0.39, 0.29) is 5.41 Å². The average molecular weight is 225 g/mol. The molecule has 4 rings (SSSR count). The van der Waals surface area contributed by atoms with E-state index >= 15 is 0 Å². The first-order valence-corrected chi connectivity index (χ1v) is 6.13. The lowest BCUT2D eigenvalue weighted by Gasteiger charge is -2.61. The summed E-state index contributed by atoms with van der Waals surface area (Å²) in [5.74, 6) is 0.0823. The Hall–Kier alpha value is -0.610. The predicted molar refractivity (Wildman–Crippen MR) is 57.7 cm³/mol. The average Bonchev–Trinajstić information content (AvgIpc) is 2.12. The van der Waals surface area contributed by atoms with Gasteiger partial charge in [-0.2, -0.15) is 0 Å². The predicted octanol–water partition coefficient (Wildman–Crippen LogP) is 0.730. The second kappa shape index (κ2) is 2.99. The van der Waals surface area contributed by atoms with Gasteiger partial charge in [0.15, 0.2) is 0 Å². The van der Waals surface area contributed by atoms with E-state index in [9.17, 15) is 9.90 Å². The zero-order valence-electron chi connectivity index (χ0n) is 9.35. The highest BCUT2D eigenvalue weighted by Crippen LogP contribution is 2.62. The van der Waals surface area contributed by atoms with E-state index in [1.165, 1.54) is 0 Å². The number of carboxylic acids is 1. The van der Waals surface area contributed by atoms with Crippen LogP contribution < -0.4 is 5.73 Å². The largest absolute Gasteiger partial charge is 0.480 e. The van der Waals surface area contributed by atoms with Crippen molar-refractivity contribution in [1.82, 2.24) is 0 Å². The summed E-state index contributed by atoms with van der Waals surface area (Å²) in [5.41, 5.74) is 4.92. The van der Waals surface area contributed by atoms with Gasteiger partial charge in [0, 0.05) is 0 Å². The Labute approximate surface area is 94.8 Å². The Morgan fingerprint density at radius 3 is 2.25 bits per heavy atom. The van der Waals surface area contributed by atoms with Gasteiger partial charge in [0.1, 0.15) is 6.04 Å². The second-order valence-corrected chi connectivity index (χ2v) is 6.36. The summed E-state index contributed by atoms with van der Waals surface area (Å²) in [6, 6.07) is -0.801. The summed E-state index contributed by atoms with van der Waals surface area (Å²) < 4.78 is 0. The Balaban J connectivity index is 1.94. The maximum Gasteiger partial charge on any atom is 0.321 e. The van der Waals surface area contributed by atoms with Gasteiger partial charge in [-0.25, -0.2) is 0 Å². The van der Waals surface area contributed by atoms with E-state index in [1.54, 1.807) is 0 Å². The highest BCUT2D eigenvalue weighted by atomic mass is 16.4. The zero-order valence-corrected chi connectivity index (χ0v) is 9.35. The van der Waals surface area contributed by atoms with Crippen LogP contribution in [-0.4, -0.2) is 27.8 Å². The van der Waals surface area contributed by atoms with Gasteiger partial charge in [-0.3, -0.25) is 4.79 Å². The van der Waals surface area contributed by atoms with Gasteiger partial charge in [0.25, 0.3) is 0 Å². The minimum Gasteiger partial charge on any atom is -0.480 e. The first-order valence-electron chi connectivity index (χ1n) is 6.13. The molecule has 3 unspecified atom stereocenters. The van der Waals surface area contributed by atoms with Crippen molar-refractivity contribution >= 4 is 5.97 Å². The van der Waals surface area contributed by atoms with Gasteiger partial charge >= 0.3 is 5.97 Å². The lowest BCUT2D eigenvalue weighted by molar-refractivity contribution is -0.179. The van der Waals surface area contributed by atoms with Crippen molar-refractivity contribution in [3.8, 4) is 0 Å². The van der Waals surface area contributed by atoms with E-state index in [2.05, 4.69) is 0 Å². The quantitative estimate of drug-likeness (QED) is 0.647. The van der Waals surface area contributed by atoms with Crippen LogP contribution in [0.5, 0.6) is 0 Å². The third kappa shape index (κ3) is 1.32. The molecule has 0 amide bonds. The highest BCUT2D eigenvalue weighted by Gasteiger charge is 2.60. The number of aliphatic carboxylic acids is 1. The molecule has 4 fully saturated rings. The molecule has 4 heteroatoms. The molecule has 90 valence electrons. The smallest absolute Gasteiger partial charge is 0.321 e. The zero-order chi connectivity index (χ0) is 11.6. The number of rotatable bonds is 2. The minimum atomic E-state index is -0.912. The topological polar surface area (TPSA) is 83.6 Å². The fourth-order valence-corrected chi connectivity index (χ4v) is 4.91. The second-order valence-electron chi connectivity index (χ2n) is 6.36. The maximum atomic E-state index is 11.1. The van der Waals surface area contributed by atoms with Crippen LogP contribution in [0.2, 0.25) is 0 Å². The van der Waals surface area contributed by atoms with Crippen LogP contribution in [-0.2, 0) is 4.79 Å². The van der Waals surface area contributed by atoms with Crippen LogP contribution in [0.15, 0.2) is 0 Å². The van der Waals surface area contributed by atoms with E-state index < -0.39 is 17.6 Å². The van der Waals surface area contributed by atoms with Crippen molar-refractivity contribution in [1.29, 1.82) is 0 Å². The fourth-order valence-electron chi connectivity index (χ4n) is 4.91. The van der Waals surface area contributed by atoms with E-state index in [0.717, 1.165) is 32.1 Å². The Morgan fingerprint density at radius 1 is 1.25 bits per heavy atom. The molecular weight excluding hydrogens is 206 g/mol. The van der Waals surface area contributed by atoms with E-state index in [4.69, 9.17) is 10.8 Å². The summed E-state index contributed by atoms with van der Waals surface area (Å²) >= 11 is 0. The number of nitrogens with two attached hydrogens (primary N) is 1. The van der Waals surface area contributed by atoms with Crippen molar-refractivity contribution in [2.24, 2.45) is 23.0 Å². The van der Waals surface area contributed by atoms with E-state index in [0.29, 0.717) is 18.3 Å². The van der Waals surface area contributed by atoms with Crippen molar-refractivity contribution in [2.75, 3.05) is 0 Å². The minimum absolute atomic E-state index is 0.329. The number of aliphatic hydroxyl groups is 1. The molecule has 0 aromatic carbocycles. The van der Waals surface area contributed by atoms with Gasteiger partial charge in [-0.15, -0.1) is 0 Å². The molecule has 0 heterocycles. The van der Waals surface area contributed by atoms with Gasteiger partial charge in [0.05, 0.1) is 5.60 Å². The molecule has 4 bridgehead atoms. The first-order chi connectivity index (χ1) is 7.42. The van der Waals surface area contributed by atoms with Crippen molar-refractivity contribution < 1.29 is 15.0 Å². The molecular formula is C12H19NO3. The third-order valence-electron chi connectivity index (χ3n) is 5.00. The van der Waals surface area contributed by atoms with Gasteiger partial charge in [-0.1, -0.05) is 0 Å². The molecule has 4 N–H and O–H groups in total. The van der Waals surface area contributed by atoms with Gasteiger partial charge < -0.3 is 15.9 Å². The number of carbonyl (C=O) groups is 1. The highest BCUT2D eigenvalue weighted by molar-refractivity contribution is 5.74. The van der Waals surface area contributed by atoms with Crippen LogP contribution >= 0.6 is 0 Å². The van der Waals surface area contributed by atoms with Crippen molar-refractivity contribution in [3.05, 3.63) is 0 Å². The van der Waals surface area contributed by atoms with E-state index in [1.807, 2.05) is 0 Å². The van der Waals surface area contributed by atoms with Crippen molar-refractivity contribution in [2.45, 2.75) is 50.2 Å². The molecule has 0 saturated heterocycles. The molecule has 4 nitrogen and oxygen atoms in total. The SMILES string of the molecule is NC(C(=O)O)C12CC3CC(CC(O)(C3)C1)C2. The van der Waals surface area contributed by atoms with Crippen LogP contribution in [0.3, 0.4) is 0 Å². The third-order valence-corrected chi connectivity index (χ3v) is 5.00. The molecule has 3 atom stereocenters. The van der Waals surface area contributed by atoms with Crippen LogP contribution in [0.1, 0.15) is 38.5 Å². The van der Waals surface area contributed by atoms with Crippen LogP contribution in [0, 0.1) is 17.3 Å². The number of carboxylic acid groups (broad SMARTS) is 1. The number of hydrogen-bond acceptors (Lipinski definition) is 3. The molecule has 16 heavy (non-hydrogen) atoms. The molecule has 0 aromatic heterocycles. The molecule has 4 aliphatic carbocycles. The summed E-state index contributed by atoms with van der Waals surface area (Å²) in [6.07, 6.45) is 5.28. The number of hydrogen-bond donors (Lipinski definition) is 3. The molecule has 4 aliphatic rings. The molecule has 0 radical (unpaired) electrons. The normalized spacial score (nSPS) is 51.6. The molecule has 0 spiro atoms. The standard InChI is InChI=1S/C12H19NO3/c13-9(10(14)15)11-2-7-1-8(3-11)5-12(16,4-7)6-11/h7-9,16H,1-6,13H2,(H,14,15). The molecule has 0 aliphatic heterocycles. The summed E-state index contributed by atoms with van der Waals surface area (Å²) in [6.45, 7) is 0. The van der Waals surface area contributed by atoms with Crippen molar-refractivity contribution in [3.63, 3.8) is 0 Å². The van der Waals surface area contributed by atoms with Crippen LogP contribution in [0.25, 0.3) is 0 Å². The maximum absolute atomic E-state index is 11.1. The lowest BCUT2D eigenvalue weighted by Crippen LogP contribution is -2.62. The molecule has 4 saturated carbocycles. The Bertz CT molecular complexity index is 327. The summed E-state index contributed by atoms with van der Waals surface area (Å²) in [4.78, 5) is 11.1. The van der Waals surface area contributed by atoms with Crippen LogP contribution in [0.4, 0.5) is 0 Å². The Morgan fingerprint density at radius 2 is 1.81 bits per heavy atom. The van der Waals surface area contributed by atoms with Gasteiger partial charge in [-0.05, 0) is 55.8 Å². The summed E-state index contributed by atoms with van der Waals surface area (Å²) in [5, 5.41) is 19.6. The first kappa shape index (κ1) is 10.5. The Kier molecular flexibility index (Phi) is 1.97. The van der Waals surface area contributed by atoms with Gasteiger partial charge in [0.2, 0.25) is 0 Å². The monoisotopic (exact) mass is 225 g/mol. The summed E-state index contributed by atoms with van der Waals surface area (Å²) in [7, 11) is 0.